The lowest BCUT2D eigenvalue weighted by molar-refractivity contribution is 0.00578. The molecule has 0 saturated carbocycles. The van der Waals surface area contributed by atoms with Crippen LogP contribution in [0.3, 0.4) is 0 Å². The molecule has 0 unspecified atom stereocenters. The number of carbonyl (C=O) groups is 1. The Morgan fingerprint density at radius 3 is 2.21 bits per heavy atom. The average Bonchev–Trinajstić information content (AvgIpc) is 3.93. The van der Waals surface area contributed by atoms with Crippen molar-refractivity contribution in [2.45, 2.75) is 45.4 Å². The number of methoxy groups -OCH3 is 2. The van der Waals surface area contributed by atoms with Crippen LogP contribution in [0.5, 0.6) is 11.5 Å². The van der Waals surface area contributed by atoms with E-state index in [1.807, 2.05) is 60.8 Å². The normalized spacial score (nSPS) is 16.7. The number of fused-ring (bicyclic) bond motifs is 2. The lowest BCUT2D eigenvalue weighted by atomic mass is 9.79. The summed E-state index contributed by atoms with van der Waals surface area (Å²) in [4.78, 5) is 43.4. The number of rotatable bonds is 7. The van der Waals surface area contributed by atoms with Crippen LogP contribution in [0.2, 0.25) is 0 Å². The largest absolute Gasteiger partial charge is 0.496 e. The number of hydrogen-bond acceptors (Lipinski definition) is 11. The molecule has 0 atom stereocenters. The van der Waals surface area contributed by atoms with Gasteiger partial charge in [-0.25, -0.2) is 4.98 Å². The van der Waals surface area contributed by atoms with Gasteiger partial charge < -0.3 is 33.4 Å². The molecule has 14 nitrogen and oxygen atoms in total. The Morgan fingerprint density at radius 1 is 0.828 bits per heavy atom. The summed E-state index contributed by atoms with van der Waals surface area (Å²) in [6.45, 7) is 10.6. The molecule has 2 saturated heterocycles. The summed E-state index contributed by atoms with van der Waals surface area (Å²) in [6.07, 6.45) is 5.09. The molecular weight excluding hydrogens is 737 g/mol. The molecule has 1 amide bonds. The number of ether oxygens (including phenoxy) is 3. The summed E-state index contributed by atoms with van der Waals surface area (Å²) in [7, 11) is 2.86. The monoisotopic (exact) mass is 781 g/mol. The van der Waals surface area contributed by atoms with Crippen LogP contribution >= 0.6 is 0 Å². The zero-order valence-corrected chi connectivity index (χ0v) is 33.3. The summed E-state index contributed by atoms with van der Waals surface area (Å²) in [5, 5.41) is 8.15. The predicted molar refractivity (Wildman–Crippen MR) is 221 cm³/mol. The highest BCUT2D eigenvalue weighted by Gasteiger charge is 2.52. The van der Waals surface area contributed by atoms with Crippen LogP contribution in [0.1, 0.15) is 54.9 Å². The summed E-state index contributed by atoms with van der Waals surface area (Å²) in [5.41, 5.74) is 7.33. The van der Waals surface area contributed by atoms with Gasteiger partial charge in [-0.3, -0.25) is 24.7 Å². The van der Waals surface area contributed by atoms with E-state index in [2.05, 4.69) is 58.9 Å². The van der Waals surface area contributed by atoms with Crippen molar-refractivity contribution in [2.75, 3.05) is 40.5 Å². The van der Waals surface area contributed by atoms with E-state index >= 15 is 0 Å². The van der Waals surface area contributed by atoms with Gasteiger partial charge in [-0.2, -0.15) is 5.10 Å². The van der Waals surface area contributed by atoms with Gasteiger partial charge >= 0.3 is 7.12 Å². The van der Waals surface area contributed by atoms with E-state index in [4.69, 9.17) is 28.5 Å². The molecule has 0 radical (unpaired) electrons. The van der Waals surface area contributed by atoms with E-state index in [-0.39, 0.29) is 22.7 Å². The third kappa shape index (κ3) is 7.28. The van der Waals surface area contributed by atoms with Crippen LogP contribution < -0.4 is 20.5 Å². The lowest BCUT2D eigenvalue weighted by Crippen LogP contribution is -2.42. The minimum Gasteiger partial charge on any atom is -0.496 e. The second kappa shape index (κ2) is 15.6. The smallest absolute Gasteiger partial charge is 0.496 e. The summed E-state index contributed by atoms with van der Waals surface area (Å²) >= 11 is 0. The topological polar surface area (TPSA) is 166 Å². The fourth-order valence-electron chi connectivity index (χ4n) is 7.12. The van der Waals surface area contributed by atoms with Gasteiger partial charge in [-0.15, -0.1) is 0 Å². The van der Waals surface area contributed by atoms with Crippen molar-refractivity contribution >= 4 is 35.2 Å². The van der Waals surface area contributed by atoms with Crippen molar-refractivity contribution in [3.63, 3.8) is 0 Å². The first-order valence-corrected chi connectivity index (χ1v) is 19.1. The Morgan fingerprint density at radius 2 is 1.50 bits per heavy atom. The number of benzene rings is 2. The van der Waals surface area contributed by atoms with E-state index in [0.717, 1.165) is 56.0 Å². The summed E-state index contributed by atoms with van der Waals surface area (Å²) < 4.78 is 28.6. The third-order valence-electron chi connectivity index (χ3n) is 11.1. The fraction of sp³-hybridized carbons (Fsp3) is 0.302. The minimum absolute atomic E-state index is 0.0987. The quantitative estimate of drug-likeness (QED) is 0.206. The molecule has 0 spiro atoms. The van der Waals surface area contributed by atoms with Crippen molar-refractivity contribution in [2.24, 2.45) is 4.99 Å². The van der Waals surface area contributed by atoms with Gasteiger partial charge in [-0.05, 0) is 70.2 Å². The molecule has 6 aromatic rings. The van der Waals surface area contributed by atoms with Gasteiger partial charge in [0.1, 0.15) is 17.1 Å². The van der Waals surface area contributed by atoms with E-state index in [1.54, 1.807) is 37.6 Å². The number of pyridine rings is 3. The molecule has 0 aliphatic carbocycles. The van der Waals surface area contributed by atoms with E-state index in [0.29, 0.717) is 49.8 Å². The molecule has 3 aliphatic heterocycles. The number of aliphatic imine (C=N–C) groups is 1. The van der Waals surface area contributed by atoms with Gasteiger partial charge in [0.25, 0.3) is 11.5 Å². The maximum Gasteiger partial charge on any atom is 0.496 e. The molecule has 4 aromatic heterocycles. The lowest BCUT2D eigenvalue weighted by Gasteiger charge is -2.32. The van der Waals surface area contributed by atoms with Crippen molar-refractivity contribution in [3.05, 3.63) is 118 Å². The molecule has 3 aliphatic rings. The molecule has 7 heterocycles. The second-order valence-electron chi connectivity index (χ2n) is 15.1. The van der Waals surface area contributed by atoms with Gasteiger partial charge in [-0.1, -0.05) is 24.3 Å². The maximum atomic E-state index is 12.9. The minimum atomic E-state index is -0.433. The number of amides is 1. The van der Waals surface area contributed by atoms with Crippen LogP contribution in [-0.2, 0) is 20.6 Å². The number of aromatic amines is 2. The number of H-pyrrole nitrogens is 2. The number of hydrogen-bond donors (Lipinski definition) is 2. The SMILES string of the molecule is COc1ccccc1-c1[nH]nc2ncc(-c3c[nH]c(=O)c(C(=O)N4CCOCC4)c3)cc12.COc1ccccc1C1=NCc2ncc(B3OC(C)(C)C(C)(C)O3)cc21. The van der Waals surface area contributed by atoms with Gasteiger partial charge in [0.05, 0.1) is 62.3 Å². The van der Waals surface area contributed by atoms with Crippen LogP contribution in [0.15, 0.2) is 95.1 Å². The van der Waals surface area contributed by atoms with Crippen LogP contribution in [0.4, 0.5) is 0 Å². The van der Waals surface area contributed by atoms with Gasteiger partial charge in [0, 0.05) is 70.3 Å². The number of nitrogens with one attached hydrogen (secondary N) is 2. The number of aromatic nitrogens is 5. The second-order valence-corrected chi connectivity index (χ2v) is 15.1. The highest BCUT2D eigenvalue weighted by molar-refractivity contribution is 6.62. The molecular formula is C43H44BN7O7. The first-order chi connectivity index (χ1) is 28.0. The predicted octanol–water partition coefficient (Wildman–Crippen LogP) is 5.20. The third-order valence-corrected chi connectivity index (χ3v) is 11.1. The maximum absolute atomic E-state index is 12.9. The standard InChI is InChI=1S/C23H21N5O4.C20H23BN2O3/c1-31-19-5-3-2-4-16(19)20-17-10-14(12-24-21(17)27-26-20)15-11-18(22(29)25-13-15)23(30)28-6-8-32-9-7-28;1-19(2)20(3,4)26-21(25-19)13-10-15-16(22-11-13)12-23-18(15)14-8-6-7-9-17(14)24-5/h2-5,10-13H,6-9H2,1H3,(H,25,29)(H,24,26,27);6-11H,12H2,1-5H3. The Kier molecular flexibility index (Phi) is 10.4. The summed E-state index contributed by atoms with van der Waals surface area (Å²) in [6, 6.07) is 21.2. The Hall–Kier alpha value is -6.16. The Bertz CT molecular complexity index is 2580. The van der Waals surface area contributed by atoms with E-state index in [9.17, 15) is 9.59 Å². The molecule has 2 fully saturated rings. The molecule has 58 heavy (non-hydrogen) atoms. The van der Waals surface area contributed by atoms with Crippen LogP contribution in [-0.4, -0.2) is 101 Å². The molecule has 2 N–H and O–H groups in total. The van der Waals surface area contributed by atoms with Crippen molar-refractivity contribution < 1.29 is 28.3 Å². The number of nitrogens with zero attached hydrogens (tertiary/aromatic N) is 5. The van der Waals surface area contributed by atoms with Crippen LogP contribution in [0, 0.1) is 0 Å². The Balaban J connectivity index is 0.000000165. The molecule has 0 bridgehead atoms. The highest BCUT2D eigenvalue weighted by atomic mass is 16.7. The number of para-hydroxylation sites is 2. The molecule has 15 heteroatoms. The average molecular weight is 782 g/mol. The van der Waals surface area contributed by atoms with Crippen molar-refractivity contribution in [3.8, 4) is 33.9 Å². The van der Waals surface area contributed by atoms with E-state index < -0.39 is 12.7 Å². The Labute approximate surface area is 335 Å². The fourth-order valence-corrected chi connectivity index (χ4v) is 7.12. The number of morpholine rings is 1. The van der Waals surface area contributed by atoms with Crippen molar-refractivity contribution in [1.82, 2.24) is 30.0 Å². The summed E-state index contributed by atoms with van der Waals surface area (Å²) in [5.74, 6) is 1.22. The first-order valence-electron chi connectivity index (χ1n) is 19.1. The van der Waals surface area contributed by atoms with E-state index in [1.165, 1.54) is 0 Å². The van der Waals surface area contributed by atoms with Crippen molar-refractivity contribution in [1.29, 1.82) is 0 Å². The molecule has 2 aromatic carbocycles. The van der Waals surface area contributed by atoms with Crippen LogP contribution in [0.25, 0.3) is 33.4 Å². The molecule has 296 valence electrons. The van der Waals surface area contributed by atoms with Gasteiger partial charge in [0.2, 0.25) is 0 Å². The number of carbonyl (C=O) groups excluding carboxylic acids is 1. The first kappa shape index (κ1) is 38.7. The zero-order chi connectivity index (χ0) is 40.6. The van der Waals surface area contributed by atoms with Gasteiger partial charge in [0.15, 0.2) is 5.65 Å². The molecule has 9 rings (SSSR count). The zero-order valence-electron chi connectivity index (χ0n) is 33.3. The highest BCUT2D eigenvalue weighted by Crippen LogP contribution is 2.37.